The van der Waals surface area contributed by atoms with Crippen molar-refractivity contribution in [1.82, 2.24) is 9.78 Å². The third-order valence-corrected chi connectivity index (χ3v) is 4.25. The van der Waals surface area contributed by atoms with E-state index in [1.807, 2.05) is 25.1 Å². The van der Waals surface area contributed by atoms with Crippen molar-refractivity contribution < 1.29 is 18.8 Å². The van der Waals surface area contributed by atoms with E-state index >= 15 is 0 Å². The molecule has 0 saturated carbocycles. The van der Waals surface area contributed by atoms with Gasteiger partial charge in [-0.1, -0.05) is 12.1 Å². The van der Waals surface area contributed by atoms with Gasteiger partial charge in [-0.15, -0.1) is 0 Å². The summed E-state index contributed by atoms with van der Waals surface area (Å²) in [4.78, 5) is 22.7. The summed E-state index contributed by atoms with van der Waals surface area (Å²) in [6.45, 7) is 5.73. The van der Waals surface area contributed by atoms with Crippen LogP contribution >= 0.6 is 0 Å². The molecule has 0 radical (unpaired) electrons. The lowest BCUT2D eigenvalue weighted by atomic mass is 10.2. The molecule has 0 fully saturated rings. The van der Waals surface area contributed by atoms with Crippen LogP contribution in [0.5, 0.6) is 11.6 Å². The van der Waals surface area contributed by atoms with Crippen LogP contribution in [0.15, 0.2) is 42.5 Å². The van der Waals surface area contributed by atoms with Crippen molar-refractivity contribution in [3.63, 3.8) is 0 Å². The number of hydrogen-bond acceptors (Lipinski definition) is 5. The average molecular weight is 398 g/mol. The number of carbonyl (C=O) groups excluding carboxylic acids is 1. The number of aromatic nitrogens is 2. The van der Waals surface area contributed by atoms with Gasteiger partial charge in [0.1, 0.15) is 0 Å². The third kappa shape index (κ3) is 4.23. The Labute approximate surface area is 166 Å². The number of nitro benzene ring substituents is 1. The number of non-ortho nitro benzene ring substituents is 1. The molecule has 0 aliphatic heterocycles. The SMILES string of the molecule is CCn1nc(C(=O)Nc2cccc(C)c2)c(C)c1Oc1ccc([N+](=O)[O-])cc1F. The van der Waals surface area contributed by atoms with E-state index in [2.05, 4.69) is 10.4 Å². The molecule has 150 valence electrons. The van der Waals surface area contributed by atoms with Gasteiger partial charge in [0, 0.05) is 23.9 Å². The molecule has 1 aromatic heterocycles. The van der Waals surface area contributed by atoms with Gasteiger partial charge in [0.25, 0.3) is 11.6 Å². The fraction of sp³-hybridized carbons (Fsp3) is 0.200. The molecule has 2 aromatic carbocycles. The standard InChI is InChI=1S/C20H19FN4O4/c1-4-24-20(29-17-9-8-15(25(27)28)11-16(17)21)13(3)18(23-24)19(26)22-14-7-5-6-12(2)10-14/h5-11H,4H2,1-3H3,(H,22,26). The smallest absolute Gasteiger partial charge is 0.276 e. The summed E-state index contributed by atoms with van der Waals surface area (Å²) >= 11 is 0. The van der Waals surface area contributed by atoms with Crippen LogP contribution in [-0.2, 0) is 6.54 Å². The zero-order valence-corrected chi connectivity index (χ0v) is 16.1. The molecule has 0 saturated heterocycles. The Morgan fingerprint density at radius 1 is 1.28 bits per heavy atom. The fourth-order valence-corrected chi connectivity index (χ4v) is 2.80. The van der Waals surface area contributed by atoms with E-state index in [0.29, 0.717) is 17.8 Å². The predicted molar refractivity (Wildman–Crippen MR) is 105 cm³/mol. The van der Waals surface area contributed by atoms with Crippen molar-refractivity contribution in [1.29, 1.82) is 0 Å². The number of benzene rings is 2. The maximum Gasteiger partial charge on any atom is 0.276 e. The second-order valence-electron chi connectivity index (χ2n) is 6.39. The van der Waals surface area contributed by atoms with Crippen LogP contribution < -0.4 is 10.1 Å². The first kappa shape index (κ1) is 20.0. The number of anilines is 1. The first-order valence-electron chi connectivity index (χ1n) is 8.87. The topological polar surface area (TPSA) is 99.3 Å². The summed E-state index contributed by atoms with van der Waals surface area (Å²) in [5.41, 5.74) is 1.81. The number of aryl methyl sites for hydroxylation is 2. The van der Waals surface area contributed by atoms with E-state index in [1.165, 1.54) is 10.7 Å². The Hall–Kier alpha value is -3.75. The van der Waals surface area contributed by atoms with Crippen LogP contribution in [0.25, 0.3) is 0 Å². The number of nitrogens with one attached hydrogen (secondary N) is 1. The average Bonchev–Trinajstić information content (AvgIpc) is 2.99. The van der Waals surface area contributed by atoms with E-state index in [0.717, 1.165) is 17.7 Å². The van der Waals surface area contributed by atoms with Crippen molar-refractivity contribution in [2.45, 2.75) is 27.3 Å². The van der Waals surface area contributed by atoms with Gasteiger partial charge >= 0.3 is 0 Å². The number of carbonyl (C=O) groups is 1. The number of hydrogen-bond donors (Lipinski definition) is 1. The van der Waals surface area contributed by atoms with E-state index in [4.69, 9.17) is 4.74 Å². The Morgan fingerprint density at radius 2 is 2.03 bits per heavy atom. The summed E-state index contributed by atoms with van der Waals surface area (Å²) in [6.07, 6.45) is 0. The molecule has 3 rings (SSSR count). The first-order chi connectivity index (χ1) is 13.8. The molecule has 0 aliphatic rings. The lowest BCUT2D eigenvalue weighted by molar-refractivity contribution is -0.385. The molecule has 1 heterocycles. The maximum absolute atomic E-state index is 14.2. The van der Waals surface area contributed by atoms with Crippen molar-refractivity contribution in [2.75, 3.05) is 5.32 Å². The quantitative estimate of drug-likeness (QED) is 0.483. The number of amides is 1. The van der Waals surface area contributed by atoms with Crippen LogP contribution in [0.4, 0.5) is 15.8 Å². The summed E-state index contributed by atoms with van der Waals surface area (Å²) in [5, 5.41) is 17.8. The molecule has 0 aliphatic carbocycles. The monoisotopic (exact) mass is 398 g/mol. The van der Waals surface area contributed by atoms with E-state index in [-0.39, 0.29) is 23.0 Å². The van der Waals surface area contributed by atoms with Crippen LogP contribution in [-0.4, -0.2) is 20.6 Å². The van der Waals surface area contributed by atoms with Gasteiger partial charge in [-0.05, 0) is 44.5 Å². The Morgan fingerprint density at radius 3 is 2.66 bits per heavy atom. The lowest BCUT2D eigenvalue weighted by Gasteiger charge is -2.09. The highest BCUT2D eigenvalue weighted by atomic mass is 19.1. The fourth-order valence-electron chi connectivity index (χ4n) is 2.80. The molecule has 1 N–H and O–H groups in total. The highest BCUT2D eigenvalue weighted by Gasteiger charge is 2.23. The lowest BCUT2D eigenvalue weighted by Crippen LogP contribution is -2.14. The highest BCUT2D eigenvalue weighted by molar-refractivity contribution is 6.04. The predicted octanol–water partition coefficient (Wildman–Crippen LogP) is 4.61. The maximum atomic E-state index is 14.2. The van der Waals surface area contributed by atoms with Crippen LogP contribution in [0, 0.1) is 29.8 Å². The zero-order valence-electron chi connectivity index (χ0n) is 16.1. The molecule has 0 bridgehead atoms. The van der Waals surface area contributed by atoms with Crippen LogP contribution in [0.2, 0.25) is 0 Å². The van der Waals surface area contributed by atoms with Gasteiger partial charge in [-0.3, -0.25) is 14.9 Å². The second kappa shape index (κ2) is 8.09. The number of rotatable bonds is 6. The van der Waals surface area contributed by atoms with Crippen molar-refractivity contribution >= 4 is 17.3 Å². The van der Waals surface area contributed by atoms with Crippen molar-refractivity contribution in [2.24, 2.45) is 0 Å². The van der Waals surface area contributed by atoms with Crippen LogP contribution in [0.3, 0.4) is 0 Å². The molecule has 0 atom stereocenters. The van der Waals surface area contributed by atoms with E-state index in [9.17, 15) is 19.3 Å². The zero-order chi connectivity index (χ0) is 21.1. The van der Waals surface area contributed by atoms with Gasteiger partial charge < -0.3 is 10.1 Å². The van der Waals surface area contributed by atoms with Crippen molar-refractivity contribution in [3.05, 3.63) is 75.2 Å². The molecule has 29 heavy (non-hydrogen) atoms. The van der Waals surface area contributed by atoms with Crippen molar-refractivity contribution in [3.8, 4) is 11.6 Å². The van der Waals surface area contributed by atoms with Gasteiger partial charge in [0.2, 0.25) is 5.88 Å². The van der Waals surface area contributed by atoms with E-state index in [1.54, 1.807) is 19.9 Å². The largest absolute Gasteiger partial charge is 0.436 e. The number of nitrogens with zero attached hydrogens (tertiary/aromatic N) is 3. The highest BCUT2D eigenvalue weighted by Crippen LogP contribution is 2.31. The van der Waals surface area contributed by atoms with E-state index < -0.39 is 16.6 Å². The Balaban J connectivity index is 1.90. The first-order valence-corrected chi connectivity index (χ1v) is 8.87. The summed E-state index contributed by atoms with van der Waals surface area (Å²) < 4.78 is 21.3. The molecular formula is C20H19FN4O4. The normalized spacial score (nSPS) is 10.6. The summed E-state index contributed by atoms with van der Waals surface area (Å²) in [5.74, 6) is -1.31. The number of nitro groups is 1. The number of halogens is 1. The molecule has 8 nitrogen and oxygen atoms in total. The minimum Gasteiger partial charge on any atom is -0.436 e. The molecular weight excluding hydrogens is 379 g/mol. The minimum atomic E-state index is -0.881. The Bertz CT molecular complexity index is 1090. The molecule has 1 amide bonds. The second-order valence-corrected chi connectivity index (χ2v) is 6.39. The van der Waals surface area contributed by atoms with Gasteiger partial charge in [0.15, 0.2) is 17.3 Å². The molecule has 3 aromatic rings. The minimum absolute atomic E-state index is 0.144. The molecule has 0 unspecified atom stereocenters. The summed E-state index contributed by atoms with van der Waals surface area (Å²) in [6, 6.07) is 10.4. The molecule has 0 spiro atoms. The Kier molecular flexibility index (Phi) is 5.58. The van der Waals surface area contributed by atoms with Gasteiger partial charge in [0.05, 0.1) is 11.0 Å². The summed E-state index contributed by atoms with van der Waals surface area (Å²) in [7, 11) is 0. The van der Waals surface area contributed by atoms with Gasteiger partial charge in [-0.2, -0.15) is 5.10 Å². The van der Waals surface area contributed by atoms with Gasteiger partial charge in [-0.25, -0.2) is 9.07 Å². The van der Waals surface area contributed by atoms with Crippen LogP contribution in [0.1, 0.15) is 28.5 Å². The third-order valence-electron chi connectivity index (χ3n) is 4.25. The molecule has 9 heteroatoms. The number of ether oxygens (including phenoxy) is 1.